The molecule has 2 aromatic rings. The van der Waals surface area contributed by atoms with Crippen molar-refractivity contribution in [1.82, 2.24) is 0 Å². The van der Waals surface area contributed by atoms with Crippen LogP contribution in [0.5, 0.6) is 11.5 Å². The Morgan fingerprint density at radius 3 is 1.82 bits per heavy atom. The van der Waals surface area contributed by atoms with Crippen molar-refractivity contribution in [3.63, 3.8) is 0 Å². The van der Waals surface area contributed by atoms with Crippen LogP contribution in [0.3, 0.4) is 0 Å². The molecule has 0 spiro atoms. The molecule has 2 heteroatoms. The Labute approximate surface area is 181 Å². The van der Waals surface area contributed by atoms with E-state index in [0.29, 0.717) is 0 Å². The molecule has 0 bridgehead atoms. The zero-order valence-electron chi connectivity index (χ0n) is 17.6. The summed E-state index contributed by atoms with van der Waals surface area (Å²) in [5.41, 5.74) is 1.35. The maximum absolute atomic E-state index is 6.02. The molecule has 0 unspecified atom stereocenters. The SMILES string of the molecule is CCCCCCCCCCCCCCc1cccc(Oc2ccccc2)c1Br. The van der Waals surface area contributed by atoms with E-state index < -0.39 is 0 Å². The Kier molecular flexibility index (Phi) is 12.1. The fourth-order valence-electron chi connectivity index (χ4n) is 3.60. The minimum Gasteiger partial charge on any atom is -0.456 e. The van der Waals surface area contributed by atoms with E-state index in [0.717, 1.165) is 22.4 Å². The molecule has 0 aliphatic rings. The molecule has 0 heterocycles. The van der Waals surface area contributed by atoms with E-state index in [1.807, 2.05) is 36.4 Å². The Morgan fingerprint density at radius 1 is 0.643 bits per heavy atom. The molecule has 1 nitrogen and oxygen atoms in total. The molecule has 0 amide bonds. The van der Waals surface area contributed by atoms with E-state index in [4.69, 9.17) is 4.74 Å². The Bertz CT molecular complexity index is 638. The predicted octanol–water partition coefficient (Wildman–Crippen LogP) is 9.48. The van der Waals surface area contributed by atoms with Gasteiger partial charge in [-0.1, -0.05) is 108 Å². The molecule has 0 aliphatic carbocycles. The lowest BCUT2D eigenvalue weighted by Gasteiger charge is -2.11. The highest BCUT2D eigenvalue weighted by Crippen LogP contribution is 2.33. The van der Waals surface area contributed by atoms with Crippen molar-refractivity contribution in [2.75, 3.05) is 0 Å². The number of ether oxygens (including phenoxy) is 1. The monoisotopic (exact) mass is 444 g/mol. The van der Waals surface area contributed by atoms with Gasteiger partial charge in [0, 0.05) is 0 Å². The van der Waals surface area contributed by atoms with E-state index in [1.54, 1.807) is 0 Å². The molecule has 2 aromatic carbocycles. The first-order chi connectivity index (χ1) is 13.8. The number of hydrogen-bond donors (Lipinski definition) is 0. The average Bonchev–Trinajstić information content (AvgIpc) is 2.72. The minimum absolute atomic E-state index is 0.880. The molecule has 0 aliphatic heterocycles. The van der Waals surface area contributed by atoms with Crippen LogP contribution in [0, 0.1) is 0 Å². The van der Waals surface area contributed by atoms with Gasteiger partial charge in [-0.2, -0.15) is 0 Å². The number of unbranched alkanes of at least 4 members (excludes halogenated alkanes) is 11. The molecule has 0 radical (unpaired) electrons. The number of rotatable bonds is 15. The van der Waals surface area contributed by atoms with E-state index in [9.17, 15) is 0 Å². The van der Waals surface area contributed by atoms with Crippen LogP contribution in [0.1, 0.15) is 89.5 Å². The zero-order chi connectivity index (χ0) is 19.9. The molecule has 2 rings (SSSR count). The third-order valence-electron chi connectivity index (χ3n) is 5.31. The Balaban J connectivity index is 1.57. The second-order valence-corrected chi connectivity index (χ2v) is 8.58. The maximum atomic E-state index is 6.02. The first-order valence-corrected chi connectivity index (χ1v) is 12.1. The quantitative estimate of drug-likeness (QED) is 0.248. The van der Waals surface area contributed by atoms with Crippen molar-refractivity contribution in [2.24, 2.45) is 0 Å². The third kappa shape index (κ3) is 9.28. The van der Waals surface area contributed by atoms with E-state index in [-0.39, 0.29) is 0 Å². The van der Waals surface area contributed by atoms with Gasteiger partial charge >= 0.3 is 0 Å². The van der Waals surface area contributed by atoms with E-state index in [2.05, 4.69) is 35.0 Å². The van der Waals surface area contributed by atoms with Crippen LogP contribution in [0.4, 0.5) is 0 Å². The van der Waals surface area contributed by atoms with Crippen LogP contribution >= 0.6 is 15.9 Å². The fraction of sp³-hybridized carbons (Fsp3) is 0.538. The molecule has 0 fully saturated rings. The van der Waals surface area contributed by atoms with Crippen LogP contribution in [0.2, 0.25) is 0 Å². The van der Waals surface area contributed by atoms with Crippen LogP contribution in [0.15, 0.2) is 53.0 Å². The Hall–Kier alpha value is -1.28. The summed E-state index contributed by atoms with van der Waals surface area (Å²) in [5.74, 6) is 1.79. The van der Waals surface area contributed by atoms with Gasteiger partial charge in [0.25, 0.3) is 0 Å². The summed E-state index contributed by atoms with van der Waals surface area (Å²) in [6, 6.07) is 16.3. The summed E-state index contributed by atoms with van der Waals surface area (Å²) in [4.78, 5) is 0. The Morgan fingerprint density at radius 2 is 1.21 bits per heavy atom. The summed E-state index contributed by atoms with van der Waals surface area (Å²) in [5, 5.41) is 0. The smallest absolute Gasteiger partial charge is 0.141 e. The van der Waals surface area contributed by atoms with Crippen molar-refractivity contribution < 1.29 is 4.74 Å². The number of halogens is 1. The van der Waals surface area contributed by atoms with Crippen molar-refractivity contribution in [1.29, 1.82) is 0 Å². The molecular formula is C26H37BrO. The summed E-state index contributed by atoms with van der Waals surface area (Å²) in [6.07, 6.45) is 17.8. The number of benzene rings is 2. The standard InChI is InChI=1S/C26H37BrO/c1-2-3-4-5-6-7-8-9-10-11-12-14-18-23-19-17-22-25(26(23)27)28-24-20-15-13-16-21-24/h13,15-17,19-22H,2-12,14,18H2,1H3. The van der Waals surface area contributed by atoms with Crippen LogP contribution < -0.4 is 4.74 Å². The second-order valence-electron chi connectivity index (χ2n) is 7.78. The maximum Gasteiger partial charge on any atom is 0.141 e. The third-order valence-corrected chi connectivity index (χ3v) is 6.21. The van der Waals surface area contributed by atoms with Gasteiger partial charge in [-0.15, -0.1) is 0 Å². The van der Waals surface area contributed by atoms with Gasteiger partial charge in [0.1, 0.15) is 11.5 Å². The van der Waals surface area contributed by atoms with Gasteiger partial charge in [0.05, 0.1) is 4.47 Å². The fourth-order valence-corrected chi connectivity index (χ4v) is 4.14. The molecule has 28 heavy (non-hydrogen) atoms. The lowest BCUT2D eigenvalue weighted by molar-refractivity contribution is 0.478. The normalized spacial score (nSPS) is 10.9. The van der Waals surface area contributed by atoms with Gasteiger partial charge in [-0.05, 0) is 52.5 Å². The molecule has 154 valence electrons. The number of aryl methyl sites for hydroxylation is 1. The largest absolute Gasteiger partial charge is 0.456 e. The average molecular weight is 445 g/mol. The van der Waals surface area contributed by atoms with Crippen LogP contribution in [0.25, 0.3) is 0 Å². The molecular weight excluding hydrogens is 408 g/mol. The molecule has 0 saturated heterocycles. The highest BCUT2D eigenvalue weighted by atomic mass is 79.9. The van der Waals surface area contributed by atoms with Crippen LogP contribution in [-0.2, 0) is 6.42 Å². The van der Waals surface area contributed by atoms with Gasteiger partial charge in [0.15, 0.2) is 0 Å². The number of para-hydroxylation sites is 1. The summed E-state index contributed by atoms with van der Waals surface area (Å²) in [7, 11) is 0. The summed E-state index contributed by atoms with van der Waals surface area (Å²) < 4.78 is 7.12. The van der Waals surface area contributed by atoms with Crippen molar-refractivity contribution in [2.45, 2.75) is 90.4 Å². The van der Waals surface area contributed by atoms with Crippen molar-refractivity contribution >= 4 is 15.9 Å². The van der Waals surface area contributed by atoms with Crippen LogP contribution in [-0.4, -0.2) is 0 Å². The zero-order valence-corrected chi connectivity index (χ0v) is 19.2. The molecule has 0 aromatic heterocycles. The topological polar surface area (TPSA) is 9.23 Å². The van der Waals surface area contributed by atoms with Crippen molar-refractivity contribution in [3.05, 3.63) is 58.6 Å². The van der Waals surface area contributed by atoms with Crippen molar-refractivity contribution in [3.8, 4) is 11.5 Å². The van der Waals surface area contributed by atoms with Gasteiger partial charge in [0.2, 0.25) is 0 Å². The highest BCUT2D eigenvalue weighted by molar-refractivity contribution is 9.10. The highest BCUT2D eigenvalue weighted by Gasteiger charge is 2.07. The summed E-state index contributed by atoms with van der Waals surface area (Å²) >= 11 is 3.75. The lowest BCUT2D eigenvalue weighted by Crippen LogP contribution is -1.92. The minimum atomic E-state index is 0.880. The van der Waals surface area contributed by atoms with E-state index in [1.165, 1.54) is 82.6 Å². The first kappa shape index (κ1) is 23.0. The van der Waals surface area contributed by atoms with Gasteiger partial charge < -0.3 is 4.74 Å². The lowest BCUT2D eigenvalue weighted by atomic mass is 10.0. The number of hydrogen-bond acceptors (Lipinski definition) is 1. The first-order valence-electron chi connectivity index (χ1n) is 11.3. The van der Waals surface area contributed by atoms with Gasteiger partial charge in [-0.25, -0.2) is 0 Å². The predicted molar refractivity (Wildman–Crippen MR) is 125 cm³/mol. The van der Waals surface area contributed by atoms with E-state index >= 15 is 0 Å². The molecule has 0 N–H and O–H groups in total. The summed E-state index contributed by atoms with van der Waals surface area (Å²) in [6.45, 7) is 2.29. The second kappa shape index (κ2) is 14.7. The van der Waals surface area contributed by atoms with Gasteiger partial charge in [-0.3, -0.25) is 0 Å². The molecule has 0 atom stereocenters. The molecule has 0 saturated carbocycles.